The highest BCUT2D eigenvalue weighted by Crippen LogP contribution is 2.45. The third kappa shape index (κ3) is 4.30. The van der Waals surface area contributed by atoms with Crippen LogP contribution in [0.15, 0.2) is 42.5 Å². The predicted octanol–water partition coefficient (Wildman–Crippen LogP) is 2.00. The molecule has 2 aromatic carbocycles. The van der Waals surface area contributed by atoms with Crippen LogP contribution < -0.4 is 20.7 Å². The zero-order valence-corrected chi connectivity index (χ0v) is 17.5. The Morgan fingerprint density at radius 1 is 1.03 bits per heavy atom. The van der Waals surface area contributed by atoms with Gasteiger partial charge in [-0.15, -0.1) is 0 Å². The maximum absolute atomic E-state index is 12.8. The smallest absolute Gasteiger partial charge is 0.254 e. The second-order valence-corrected chi connectivity index (χ2v) is 7.56. The molecular formula is C23H27N3O4. The lowest BCUT2D eigenvalue weighted by molar-refractivity contribution is -0.118. The number of hydrogen-bond donors (Lipinski definition) is 3. The number of amides is 3. The Labute approximate surface area is 176 Å². The standard InChI is InChI=1S/C23H27N3O4/c1-15(27)25-10-7-11-26-21(28)16-12-18(22(29)24-3)20-19(13-16)23(2,14-30-20)17-8-5-4-6-9-17/h4-6,8-9,12-13H,7,10-11,14H2,1-3H3,(H,24,29)(H,25,27)(H,26,28)/t23-/m1/s1. The Balaban J connectivity index is 1.91. The highest BCUT2D eigenvalue weighted by Gasteiger charge is 2.40. The number of hydrogen-bond acceptors (Lipinski definition) is 4. The summed E-state index contributed by atoms with van der Waals surface area (Å²) in [6, 6.07) is 13.3. The first-order valence-electron chi connectivity index (χ1n) is 9.98. The molecule has 1 aliphatic rings. The highest BCUT2D eigenvalue weighted by molar-refractivity contribution is 6.02. The summed E-state index contributed by atoms with van der Waals surface area (Å²) in [6.07, 6.45) is 0.614. The van der Waals surface area contributed by atoms with E-state index in [2.05, 4.69) is 22.9 Å². The minimum absolute atomic E-state index is 0.102. The van der Waals surface area contributed by atoms with Crippen molar-refractivity contribution in [2.24, 2.45) is 0 Å². The molecule has 3 amide bonds. The van der Waals surface area contributed by atoms with Gasteiger partial charge in [-0.2, -0.15) is 0 Å². The van der Waals surface area contributed by atoms with Gasteiger partial charge in [0, 0.05) is 38.2 Å². The molecule has 0 bridgehead atoms. The van der Waals surface area contributed by atoms with Gasteiger partial charge in [0.2, 0.25) is 5.91 Å². The molecule has 0 aliphatic carbocycles. The minimum Gasteiger partial charge on any atom is -0.491 e. The summed E-state index contributed by atoms with van der Waals surface area (Å²) < 4.78 is 5.96. The van der Waals surface area contributed by atoms with Gasteiger partial charge in [-0.05, 0) is 31.0 Å². The zero-order chi connectivity index (χ0) is 21.7. The van der Waals surface area contributed by atoms with E-state index in [1.165, 1.54) is 6.92 Å². The first kappa shape index (κ1) is 21.4. The summed E-state index contributed by atoms with van der Waals surface area (Å²) in [7, 11) is 1.55. The summed E-state index contributed by atoms with van der Waals surface area (Å²) in [4.78, 5) is 36.2. The average Bonchev–Trinajstić information content (AvgIpc) is 3.10. The van der Waals surface area contributed by atoms with E-state index in [-0.39, 0.29) is 17.7 Å². The quantitative estimate of drug-likeness (QED) is 0.610. The van der Waals surface area contributed by atoms with Crippen LogP contribution in [0.5, 0.6) is 5.75 Å². The molecule has 0 spiro atoms. The fourth-order valence-corrected chi connectivity index (χ4v) is 3.62. The maximum atomic E-state index is 12.8. The van der Waals surface area contributed by atoms with Crippen LogP contribution in [-0.4, -0.2) is 44.5 Å². The van der Waals surface area contributed by atoms with E-state index >= 15 is 0 Å². The Bertz CT molecular complexity index is 958. The molecule has 0 saturated carbocycles. The van der Waals surface area contributed by atoms with Crippen molar-refractivity contribution in [3.63, 3.8) is 0 Å². The van der Waals surface area contributed by atoms with Crippen LogP contribution in [-0.2, 0) is 10.2 Å². The SMILES string of the molecule is CNC(=O)c1cc(C(=O)NCCCNC(C)=O)cc2c1OC[C@]2(C)c1ccccc1. The fourth-order valence-electron chi connectivity index (χ4n) is 3.62. The molecule has 2 aromatic rings. The lowest BCUT2D eigenvalue weighted by Crippen LogP contribution is -2.30. The van der Waals surface area contributed by atoms with E-state index in [1.54, 1.807) is 13.1 Å². The van der Waals surface area contributed by atoms with Crippen LogP contribution in [0, 0.1) is 0 Å². The molecule has 3 rings (SSSR count). The minimum atomic E-state index is -0.471. The molecule has 0 unspecified atom stereocenters. The highest BCUT2D eigenvalue weighted by atomic mass is 16.5. The summed E-state index contributed by atoms with van der Waals surface area (Å²) in [5.41, 5.74) is 2.15. The summed E-state index contributed by atoms with van der Waals surface area (Å²) >= 11 is 0. The molecule has 0 aromatic heterocycles. The first-order chi connectivity index (χ1) is 14.4. The largest absolute Gasteiger partial charge is 0.491 e. The molecule has 7 nitrogen and oxygen atoms in total. The predicted molar refractivity (Wildman–Crippen MR) is 114 cm³/mol. The third-order valence-corrected chi connectivity index (χ3v) is 5.35. The normalized spacial score (nSPS) is 16.9. The molecule has 158 valence electrons. The topological polar surface area (TPSA) is 96.5 Å². The molecule has 0 radical (unpaired) electrons. The van der Waals surface area contributed by atoms with E-state index in [1.807, 2.05) is 36.4 Å². The van der Waals surface area contributed by atoms with Crippen LogP contribution in [0.4, 0.5) is 0 Å². The van der Waals surface area contributed by atoms with Crippen molar-refractivity contribution in [3.05, 3.63) is 64.7 Å². The van der Waals surface area contributed by atoms with Gasteiger partial charge in [0.15, 0.2) is 0 Å². The van der Waals surface area contributed by atoms with E-state index in [4.69, 9.17) is 4.74 Å². The molecule has 1 heterocycles. The van der Waals surface area contributed by atoms with Crippen molar-refractivity contribution in [2.75, 3.05) is 26.7 Å². The van der Waals surface area contributed by atoms with E-state index in [0.717, 1.165) is 11.1 Å². The summed E-state index contributed by atoms with van der Waals surface area (Å²) in [5, 5.41) is 8.17. The van der Waals surface area contributed by atoms with Crippen LogP contribution in [0.1, 0.15) is 52.1 Å². The van der Waals surface area contributed by atoms with Crippen LogP contribution in [0.25, 0.3) is 0 Å². The molecule has 3 N–H and O–H groups in total. The Hall–Kier alpha value is -3.35. The monoisotopic (exact) mass is 409 g/mol. The second kappa shape index (κ2) is 8.98. The fraction of sp³-hybridized carbons (Fsp3) is 0.348. The van der Waals surface area contributed by atoms with E-state index in [9.17, 15) is 14.4 Å². The van der Waals surface area contributed by atoms with Crippen LogP contribution in [0.3, 0.4) is 0 Å². The maximum Gasteiger partial charge on any atom is 0.254 e. The number of nitrogens with one attached hydrogen (secondary N) is 3. The molecule has 1 atom stereocenters. The van der Waals surface area contributed by atoms with E-state index < -0.39 is 5.41 Å². The number of fused-ring (bicyclic) bond motifs is 1. The summed E-state index contributed by atoms with van der Waals surface area (Å²) in [5.74, 6) is -0.157. The number of benzene rings is 2. The zero-order valence-electron chi connectivity index (χ0n) is 17.5. The van der Waals surface area contributed by atoms with Crippen molar-refractivity contribution < 1.29 is 19.1 Å². The van der Waals surface area contributed by atoms with Gasteiger partial charge in [0.05, 0.1) is 11.0 Å². The molecule has 1 aliphatic heterocycles. The second-order valence-electron chi connectivity index (χ2n) is 7.56. The average molecular weight is 409 g/mol. The van der Waals surface area contributed by atoms with Gasteiger partial charge < -0.3 is 20.7 Å². The van der Waals surface area contributed by atoms with Gasteiger partial charge in [-0.25, -0.2) is 0 Å². The van der Waals surface area contributed by atoms with Crippen LogP contribution in [0.2, 0.25) is 0 Å². The molecule has 0 fully saturated rings. The van der Waals surface area contributed by atoms with Crippen molar-refractivity contribution in [3.8, 4) is 5.75 Å². The van der Waals surface area contributed by atoms with Gasteiger partial charge in [0.1, 0.15) is 12.4 Å². The number of rotatable bonds is 7. The Morgan fingerprint density at radius 2 is 1.73 bits per heavy atom. The number of carbonyl (C=O) groups excluding carboxylic acids is 3. The van der Waals surface area contributed by atoms with Crippen molar-refractivity contribution >= 4 is 17.7 Å². The third-order valence-electron chi connectivity index (χ3n) is 5.35. The Morgan fingerprint density at radius 3 is 2.40 bits per heavy atom. The van der Waals surface area contributed by atoms with Gasteiger partial charge >= 0.3 is 0 Å². The number of carbonyl (C=O) groups is 3. The van der Waals surface area contributed by atoms with E-state index in [0.29, 0.717) is 43.0 Å². The first-order valence-corrected chi connectivity index (χ1v) is 9.98. The van der Waals surface area contributed by atoms with Crippen molar-refractivity contribution in [2.45, 2.75) is 25.7 Å². The van der Waals surface area contributed by atoms with Gasteiger partial charge in [0.25, 0.3) is 11.8 Å². The summed E-state index contributed by atoms with van der Waals surface area (Å²) in [6.45, 7) is 4.80. The molecule has 0 saturated heterocycles. The molecule has 30 heavy (non-hydrogen) atoms. The van der Waals surface area contributed by atoms with Gasteiger partial charge in [-0.3, -0.25) is 14.4 Å². The molecule has 7 heteroatoms. The lowest BCUT2D eigenvalue weighted by atomic mass is 9.77. The number of ether oxygens (including phenoxy) is 1. The van der Waals surface area contributed by atoms with Crippen molar-refractivity contribution in [1.82, 2.24) is 16.0 Å². The molecular weight excluding hydrogens is 382 g/mol. The van der Waals surface area contributed by atoms with Gasteiger partial charge in [-0.1, -0.05) is 30.3 Å². The van der Waals surface area contributed by atoms with Crippen LogP contribution >= 0.6 is 0 Å². The lowest BCUT2D eigenvalue weighted by Gasteiger charge is -2.24. The Kier molecular flexibility index (Phi) is 6.40. The van der Waals surface area contributed by atoms with Crippen molar-refractivity contribution in [1.29, 1.82) is 0 Å².